The number of benzene rings is 1. The van der Waals surface area contributed by atoms with Crippen molar-refractivity contribution in [1.82, 2.24) is 9.88 Å². The van der Waals surface area contributed by atoms with Crippen LogP contribution in [-0.4, -0.2) is 42.1 Å². The summed E-state index contributed by atoms with van der Waals surface area (Å²) in [6, 6.07) is 7.37. The Morgan fingerprint density at radius 2 is 1.95 bits per heavy atom. The van der Waals surface area contributed by atoms with E-state index < -0.39 is 0 Å². The zero-order chi connectivity index (χ0) is 15.4. The standard InChI is InChI=1S/C16H17ClN2O3/c17-13-3-1-12(2-4-13)14-11-18-15(22-14)5-6-16(20)19-7-9-21-10-8-19/h1-4,11H,5-10H2. The predicted octanol–water partition coefficient (Wildman–Crippen LogP) is 2.79. The third-order valence-electron chi connectivity index (χ3n) is 3.60. The first-order chi connectivity index (χ1) is 10.7. The van der Waals surface area contributed by atoms with Crippen molar-refractivity contribution in [2.75, 3.05) is 26.3 Å². The molecule has 0 atom stereocenters. The Balaban J connectivity index is 1.57. The average Bonchev–Trinajstić information content (AvgIpc) is 3.03. The molecular formula is C16H17ClN2O3. The Bertz CT molecular complexity index is 633. The smallest absolute Gasteiger partial charge is 0.223 e. The monoisotopic (exact) mass is 320 g/mol. The fraction of sp³-hybridized carbons (Fsp3) is 0.375. The third kappa shape index (κ3) is 3.67. The van der Waals surface area contributed by atoms with E-state index in [1.54, 1.807) is 18.3 Å². The second kappa shape index (κ2) is 6.94. The van der Waals surface area contributed by atoms with E-state index in [1.807, 2.05) is 17.0 Å². The van der Waals surface area contributed by atoms with Crippen LogP contribution >= 0.6 is 11.6 Å². The SMILES string of the molecule is O=C(CCc1ncc(-c2ccc(Cl)cc2)o1)N1CCOCC1. The van der Waals surface area contributed by atoms with Gasteiger partial charge in [-0.2, -0.15) is 0 Å². The summed E-state index contributed by atoms with van der Waals surface area (Å²) in [7, 11) is 0. The maximum atomic E-state index is 12.1. The highest BCUT2D eigenvalue weighted by Crippen LogP contribution is 2.22. The number of oxazole rings is 1. The van der Waals surface area contributed by atoms with E-state index in [2.05, 4.69) is 4.98 Å². The quantitative estimate of drug-likeness (QED) is 0.869. The number of morpholine rings is 1. The normalized spacial score (nSPS) is 15.0. The molecule has 116 valence electrons. The fourth-order valence-corrected chi connectivity index (χ4v) is 2.48. The number of halogens is 1. The Kier molecular flexibility index (Phi) is 4.75. The number of aryl methyl sites for hydroxylation is 1. The van der Waals surface area contributed by atoms with Crippen LogP contribution in [0.2, 0.25) is 5.02 Å². The van der Waals surface area contributed by atoms with Crippen molar-refractivity contribution in [2.45, 2.75) is 12.8 Å². The van der Waals surface area contributed by atoms with Crippen LogP contribution in [-0.2, 0) is 16.0 Å². The van der Waals surface area contributed by atoms with Gasteiger partial charge in [-0.1, -0.05) is 11.6 Å². The summed E-state index contributed by atoms with van der Waals surface area (Å²) >= 11 is 5.87. The second-order valence-corrected chi connectivity index (χ2v) is 5.55. The molecule has 0 radical (unpaired) electrons. The largest absolute Gasteiger partial charge is 0.441 e. The molecule has 0 saturated carbocycles. The van der Waals surface area contributed by atoms with Crippen molar-refractivity contribution < 1.29 is 13.9 Å². The van der Waals surface area contributed by atoms with Gasteiger partial charge in [0.2, 0.25) is 5.91 Å². The molecule has 1 aliphatic heterocycles. The van der Waals surface area contributed by atoms with E-state index in [-0.39, 0.29) is 5.91 Å². The lowest BCUT2D eigenvalue weighted by Crippen LogP contribution is -2.40. The number of aromatic nitrogens is 1. The highest BCUT2D eigenvalue weighted by Gasteiger charge is 2.17. The highest BCUT2D eigenvalue weighted by molar-refractivity contribution is 6.30. The molecule has 1 aliphatic rings. The molecule has 1 fully saturated rings. The maximum absolute atomic E-state index is 12.1. The predicted molar refractivity (Wildman–Crippen MR) is 82.7 cm³/mol. The van der Waals surface area contributed by atoms with Gasteiger partial charge in [0.05, 0.1) is 19.4 Å². The third-order valence-corrected chi connectivity index (χ3v) is 3.85. The molecule has 6 heteroatoms. The van der Waals surface area contributed by atoms with Crippen molar-refractivity contribution in [1.29, 1.82) is 0 Å². The minimum atomic E-state index is 0.120. The van der Waals surface area contributed by atoms with Gasteiger partial charge in [0, 0.05) is 36.5 Å². The van der Waals surface area contributed by atoms with Gasteiger partial charge < -0.3 is 14.1 Å². The molecule has 0 spiro atoms. The van der Waals surface area contributed by atoms with Crippen molar-refractivity contribution in [3.05, 3.63) is 41.4 Å². The molecule has 1 aromatic carbocycles. The molecular weight excluding hydrogens is 304 g/mol. The van der Waals surface area contributed by atoms with Crippen molar-refractivity contribution in [2.24, 2.45) is 0 Å². The number of rotatable bonds is 4. The van der Waals surface area contributed by atoms with Crippen molar-refractivity contribution >= 4 is 17.5 Å². The number of hydrogen-bond acceptors (Lipinski definition) is 4. The Hall–Kier alpha value is -1.85. The lowest BCUT2D eigenvalue weighted by molar-refractivity contribution is -0.135. The molecule has 0 N–H and O–H groups in total. The van der Waals surface area contributed by atoms with Gasteiger partial charge >= 0.3 is 0 Å². The topological polar surface area (TPSA) is 55.6 Å². The van der Waals surface area contributed by atoms with Gasteiger partial charge in [-0.3, -0.25) is 4.79 Å². The van der Waals surface area contributed by atoms with Crippen LogP contribution in [0.25, 0.3) is 11.3 Å². The van der Waals surface area contributed by atoms with Crippen LogP contribution in [0.4, 0.5) is 0 Å². The van der Waals surface area contributed by atoms with Crippen LogP contribution in [0.1, 0.15) is 12.3 Å². The van der Waals surface area contributed by atoms with Crippen LogP contribution in [0, 0.1) is 0 Å². The Labute approximate surface area is 133 Å². The van der Waals surface area contributed by atoms with Gasteiger partial charge in [0.15, 0.2) is 11.7 Å². The molecule has 1 amide bonds. The summed E-state index contributed by atoms with van der Waals surface area (Å²) < 4.78 is 10.9. The maximum Gasteiger partial charge on any atom is 0.223 e. The molecule has 5 nitrogen and oxygen atoms in total. The van der Waals surface area contributed by atoms with E-state index in [0.717, 1.165) is 5.56 Å². The molecule has 3 rings (SSSR count). The van der Waals surface area contributed by atoms with Gasteiger partial charge in [-0.25, -0.2) is 4.98 Å². The number of hydrogen-bond donors (Lipinski definition) is 0. The van der Waals surface area contributed by atoms with Crippen LogP contribution in [0.15, 0.2) is 34.9 Å². The summed E-state index contributed by atoms with van der Waals surface area (Å²) in [5.74, 6) is 1.38. The number of nitrogens with zero attached hydrogens (tertiary/aromatic N) is 2. The molecule has 2 heterocycles. The first kappa shape index (κ1) is 15.1. The number of carbonyl (C=O) groups is 1. The summed E-state index contributed by atoms with van der Waals surface area (Å²) in [5.41, 5.74) is 0.919. The van der Waals surface area contributed by atoms with E-state index in [9.17, 15) is 4.79 Å². The minimum absolute atomic E-state index is 0.120. The average molecular weight is 321 g/mol. The highest BCUT2D eigenvalue weighted by atomic mass is 35.5. The minimum Gasteiger partial charge on any atom is -0.441 e. The zero-order valence-corrected chi connectivity index (χ0v) is 12.9. The molecule has 0 unspecified atom stereocenters. The molecule has 1 aromatic heterocycles. The van der Waals surface area contributed by atoms with Crippen LogP contribution in [0.3, 0.4) is 0 Å². The molecule has 2 aromatic rings. The van der Waals surface area contributed by atoms with Crippen molar-refractivity contribution in [3.63, 3.8) is 0 Å². The lowest BCUT2D eigenvalue weighted by Gasteiger charge is -2.26. The number of ether oxygens (including phenoxy) is 1. The van der Waals surface area contributed by atoms with Crippen LogP contribution in [0.5, 0.6) is 0 Å². The van der Waals surface area contributed by atoms with Gasteiger partial charge in [-0.15, -0.1) is 0 Å². The Morgan fingerprint density at radius 1 is 1.23 bits per heavy atom. The fourth-order valence-electron chi connectivity index (χ4n) is 2.36. The number of carbonyl (C=O) groups excluding carboxylic acids is 1. The van der Waals surface area contributed by atoms with E-state index in [4.69, 9.17) is 20.8 Å². The molecule has 0 aliphatic carbocycles. The summed E-state index contributed by atoms with van der Waals surface area (Å²) in [5, 5.41) is 0.680. The van der Waals surface area contributed by atoms with E-state index in [1.165, 1.54) is 0 Å². The number of amides is 1. The summed E-state index contributed by atoms with van der Waals surface area (Å²) in [6.45, 7) is 2.57. The second-order valence-electron chi connectivity index (χ2n) is 5.12. The summed E-state index contributed by atoms with van der Waals surface area (Å²) in [6.07, 6.45) is 2.59. The van der Waals surface area contributed by atoms with Gasteiger partial charge in [-0.05, 0) is 24.3 Å². The van der Waals surface area contributed by atoms with Gasteiger partial charge in [0.25, 0.3) is 0 Å². The zero-order valence-electron chi connectivity index (χ0n) is 12.1. The summed E-state index contributed by atoms with van der Waals surface area (Å²) in [4.78, 5) is 18.1. The first-order valence-electron chi connectivity index (χ1n) is 7.28. The van der Waals surface area contributed by atoms with Crippen molar-refractivity contribution in [3.8, 4) is 11.3 Å². The van der Waals surface area contributed by atoms with Crippen LogP contribution < -0.4 is 0 Å². The lowest BCUT2D eigenvalue weighted by atomic mass is 10.2. The van der Waals surface area contributed by atoms with E-state index >= 15 is 0 Å². The first-order valence-corrected chi connectivity index (χ1v) is 7.66. The Morgan fingerprint density at radius 3 is 2.68 bits per heavy atom. The molecule has 1 saturated heterocycles. The molecule has 22 heavy (non-hydrogen) atoms. The van der Waals surface area contributed by atoms with Gasteiger partial charge in [0.1, 0.15) is 0 Å². The van der Waals surface area contributed by atoms with E-state index in [0.29, 0.717) is 55.8 Å². The molecule has 0 bridgehead atoms.